The lowest BCUT2D eigenvalue weighted by Gasteiger charge is -2.21. The summed E-state index contributed by atoms with van der Waals surface area (Å²) in [6, 6.07) is 12.3. The Hall–Kier alpha value is -2.75. The van der Waals surface area contributed by atoms with E-state index < -0.39 is 0 Å². The van der Waals surface area contributed by atoms with Crippen LogP contribution in [0.1, 0.15) is 25.0 Å². The summed E-state index contributed by atoms with van der Waals surface area (Å²) in [6.45, 7) is 5.00. The van der Waals surface area contributed by atoms with Crippen molar-refractivity contribution in [3.05, 3.63) is 52.5 Å². The van der Waals surface area contributed by atoms with Gasteiger partial charge in [-0.05, 0) is 50.2 Å². The highest BCUT2D eigenvalue weighted by atomic mass is 35.5. The van der Waals surface area contributed by atoms with E-state index in [1.54, 1.807) is 25.3 Å². The quantitative estimate of drug-likeness (QED) is 0.711. The fourth-order valence-corrected chi connectivity index (χ4v) is 2.95. The number of halogens is 1. The molecule has 0 fully saturated rings. The second-order valence-electron chi connectivity index (χ2n) is 6.46. The summed E-state index contributed by atoms with van der Waals surface area (Å²) in [5.74, 6) is 1.25. The average Bonchev–Trinajstić information content (AvgIpc) is 2.68. The van der Waals surface area contributed by atoms with Gasteiger partial charge in [-0.2, -0.15) is 5.26 Å². The Balaban J connectivity index is 2.03. The van der Waals surface area contributed by atoms with E-state index >= 15 is 0 Å². The van der Waals surface area contributed by atoms with E-state index in [1.165, 1.54) is 0 Å². The zero-order chi connectivity index (χ0) is 20.7. The lowest BCUT2D eigenvalue weighted by molar-refractivity contribution is -0.907. The van der Waals surface area contributed by atoms with E-state index in [-0.39, 0.29) is 11.9 Å². The van der Waals surface area contributed by atoms with Gasteiger partial charge in [-0.25, -0.2) is 0 Å². The number of nitrogens with one attached hydrogen (secondary N) is 2. The maximum absolute atomic E-state index is 12.6. The number of carbonyl (C=O) groups excluding carboxylic acids is 1. The van der Waals surface area contributed by atoms with Crippen LogP contribution in [-0.2, 0) is 11.3 Å². The van der Waals surface area contributed by atoms with Crippen molar-refractivity contribution in [2.45, 2.75) is 26.4 Å². The Bertz CT molecular complexity index is 880. The number of anilines is 1. The van der Waals surface area contributed by atoms with E-state index in [9.17, 15) is 4.79 Å². The van der Waals surface area contributed by atoms with Crippen molar-refractivity contribution in [3.8, 4) is 17.6 Å². The molecule has 2 aromatic rings. The predicted octanol–water partition coefficient (Wildman–Crippen LogP) is 2.66. The van der Waals surface area contributed by atoms with Gasteiger partial charge in [0.2, 0.25) is 0 Å². The molecule has 148 valence electrons. The number of nitriles is 1. The normalized spacial score (nSPS) is 12.6. The van der Waals surface area contributed by atoms with Crippen LogP contribution in [0, 0.1) is 11.3 Å². The van der Waals surface area contributed by atoms with Crippen LogP contribution in [0.2, 0.25) is 5.02 Å². The van der Waals surface area contributed by atoms with Crippen molar-refractivity contribution in [2.75, 3.05) is 26.1 Å². The molecule has 0 aliphatic carbocycles. The molecule has 0 aliphatic heterocycles. The second kappa shape index (κ2) is 9.98. The first-order valence-electron chi connectivity index (χ1n) is 9.02. The number of methoxy groups -OCH3 is 1. The second-order valence-corrected chi connectivity index (χ2v) is 6.87. The van der Waals surface area contributed by atoms with Gasteiger partial charge in [-0.15, -0.1) is 0 Å². The number of rotatable bonds is 8. The topological polar surface area (TPSA) is 75.8 Å². The Morgan fingerprint density at radius 2 is 2.04 bits per heavy atom. The summed E-state index contributed by atoms with van der Waals surface area (Å²) >= 11 is 6.03. The molecule has 7 heteroatoms. The fourth-order valence-electron chi connectivity index (χ4n) is 2.73. The predicted molar refractivity (Wildman–Crippen MR) is 109 cm³/mol. The molecule has 0 saturated carbocycles. The number of quaternary nitrogens is 1. The largest absolute Gasteiger partial charge is 0.493 e. The molecule has 0 aliphatic rings. The van der Waals surface area contributed by atoms with E-state index in [4.69, 9.17) is 26.3 Å². The molecule has 2 rings (SSSR count). The number of nitrogens with zero attached hydrogens (tertiary/aromatic N) is 1. The average molecular weight is 403 g/mol. The highest BCUT2D eigenvalue weighted by molar-refractivity contribution is 6.32. The van der Waals surface area contributed by atoms with Crippen molar-refractivity contribution in [1.82, 2.24) is 0 Å². The Labute approximate surface area is 170 Å². The third-order valence-electron chi connectivity index (χ3n) is 4.50. The number of carbonyl (C=O) groups is 1. The number of benzene rings is 2. The number of ether oxygens (including phenoxy) is 2. The monoisotopic (exact) mass is 402 g/mol. The molecule has 1 amide bonds. The molecule has 2 atom stereocenters. The van der Waals surface area contributed by atoms with Crippen molar-refractivity contribution >= 4 is 23.2 Å². The molecule has 2 aromatic carbocycles. The van der Waals surface area contributed by atoms with Crippen LogP contribution in [-0.4, -0.2) is 32.7 Å². The zero-order valence-corrected chi connectivity index (χ0v) is 17.3. The molecule has 0 bridgehead atoms. The zero-order valence-electron chi connectivity index (χ0n) is 16.5. The van der Waals surface area contributed by atoms with E-state index in [2.05, 4.69) is 5.32 Å². The summed E-state index contributed by atoms with van der Waals surface area (Å²) in [5, 5.41) is 12.1. The van der Waals surface area contributed by atoms with Crippen LogP contribution in [0.15, 0.2) is 36.4 Å². The van der Waals surface area contributed by atoms with Crippen LogP contribution in [0.4, 0.5) is 5.69 Å². The van der Waals surface area contributed by atoms with Crippen LogP contribution < -0.4 is 19.7 Å². The van der Waals surface area contributed by atoms with E-state index in [0.29, 0.717) is 40.9 Å². The lowest BCUT2D eigenvalue weighted by Crippen LogP contribution is -3.12. The molecule has 28 heavy (non-hydrogen) atoms. The standard InChI is InChI=1S/C21H24ClN3O3/c1-5-28-19-9-6-15(10-20(19)27-4)13-25(3)14(2)21(26)24-17-8-7-16(12-23)18(22)11-17/h6-11,14H,5,13H2,1-4H3,(H,24,26)/p+1/t14-/m0/s1. The first-order chi connectivity index (χ1) is 13.4. The fraction of sp³-hybridized carbons (Fsp3) is 0.333. The van der Waals surface area contributed by atoms with Gasteiger partial charge in [0, 0.05) is 11.3 Å². The molecule has 0 saturated heterocycles. The number of hydrogen-bond donors (Lipinski definition) is 2. The van der Waals surface area contributed by atoms with Crippen molar-refractivity contribution < 1.29 is 19.2 Å². The minimum atomic E-state index is -0.299. The maximum atomic E-state index is 12.6. The minimum absolute atomic E-state index is 0.129. The molecular formula is C21H25ClN3O3+. The number of likely N-dealkylation sites (N-methyl/N-ethyl adjacent to an activating group) is 1. The van der Waals surface area contributed by atoms with Crippen LogP contribution >= 0.6 is 11.6 Å². The van der Waals surface area contributed by atoms with Crippen LogP contribution in [0.3, 0.4) is 0 Å². The highest BCUT2D eigenvalue weighted by Crippen LogP contribution is 2.27. The molecule has 1 unspecified atom stereocenters. The summed E-state index contributed by atoms with van der Waals surface area (Å²) in [7, 11) is 3.57. The first-order valence-corrected chi connectivity index (χ1v) is 9.39. The van der Waals surface area contributed by atoms with Crippen molar-refractivity contribution in [3.63, 3.8) is 0 Å². The molecule has 6 nitrogen and oxygen atoms in total. The Morgan fingerprint density at radius 3 is 2.64 bits per heavy atom. The first kappa shape index (κ1) is 21.5. The highest BCUT2D eigenvalue weighted by Gasteiger charge is 2.22. The summed E-state index contributed by atoms with van der Waals surface area (Å²) < 4.78 is 10.9. The minimum Gasteiger partial charge on any atom is -0.493 e. The van der Waals surface area contributed by atoms with Gasteiger partial charge in [0.1, 0.15) is 12.6 Å². The summed E-state index contributed by atoms with van der Waals surface area (Å²) in [5.41, 5.74) is 1.98. The Morgan fingerprint density at radius 1 is 1.29 bits per heavy atom. The number of amides is 1. The van der Waals surface area contributed by atoms with E-state index in [0.717, 1.165) is 10.5 Å². The third-order valence-corrected chi connectivity index (χ3v) is 4.81. The maximum Gasteiger partial charge on any atom is 0.282 e. The van der Waals surface area contributed by atoms with E-state index in [1.807, 2.05) is 45.2 Å². The summed E-state index contributed by atoms with van der Waals surface area (Å²) in [4.78, 5) is 13.6. The molecule has 0 radical (unpaired) electrons. The molecule has 0 aromatic heterocycles. The smallest absolute Gasteiger partial charge is 0.282 e. The van der Waals surface area contributed by atoms with Crippen molar-refractivity contribution in [1.29, 1.82) is 5.26 Å². The number of hydrogen-bond acceptors (Lipinski definition) is 4. The Kier molecular flexibility index (Phi) is 7.68. The van der Waals surface area contributed by atoms with Gasteiger partial charge in [-0.1, -0.05) is 11.6 Å². The van der Waals surface area contributed by atoms with Gasteiger partial charge in [0.25, 0.3) is 5.91 Å². The van der Waals surface area contributed by atoms with Gasteiger partial charge >= 0.3 is 0 Å². The lowest BCUT2D eigenvalue weighted by atomic mass is 10.1. The van der Waals surface area contributed by atoms with Crippen LogP contribution in [0.25, 0.3) is 0 Å². The summed E-state index contributed by atoms with van der Waals surface area (Å²) in [6.07, 6.45) is 0. The SMILES string of the molecule is CCOc1ccc(C[NH+](C)[C@@H](C)C(=O)Nc2ccc(C#N)c(Cl)c2)cc1OC. The molecule has 2 N–H and O–H groups in total. The van der Waals surface area contributed by atoms with Crippen molar-refractivity contribution in [2.24, 2.45) is 0 Å². The molecular weight excluding hydrogens is 378 g/mol. The third kappa shape index (κ3) is 5.38. The molecule has 0 spiro atoms. The molecule has 0 heterocycles. The van der Waals surface area contributed by atoms with Crippen LogP contribution in [0.5, 0.6) is 11.5 Å². The van der Waals surface area contributed by atoms with Gasteiger partial charge < -0.3 is 19.7 Å². The van der Waals surface area contributed by atoms with Gasteiger partial charge in [0.15, 0.2) is 17.5 Å². The van der Waals surface area contributed by atoms with Gasteiger partial charge in [0.05, 0.1) is 31.4 Å². The van der Waals surface area contributed by atoms with Gasteiger partial charge in [-0.3, -0.25) is 4.79 Å².